The molecule has 0 aromatic heterocycles. The van der Waals surface area contributed by atoms with Crippen LogP contribution in [0.5, 0.6) is 0 Å². The number of rotatable bonds is 5. The number of nitriles is 1. The average molecular weight is 254 g/mol. The fourth-order valence-corrected chi connectivity index (χ4v) is 1.81. The molecule has 1 aliphatic heterocycles. The third-order valence-electron chi connectivity index (χ3n) is 2.98. The molecule has 7 heteroatoms. The van der Waals surface area contributed by atoms with E-state index in [-0.39, 0.29) is 25.0 Å². The van der Waals surface area contributed by atoms with Crippen molar-refractivity contribution in [1.29, 1.82) is 5.26 Å². The fraction of sp³-hybridized carbons (Fsp3) is 0.727. The standard InChI is InChI=1S/C11H18N4O3/c1-11(13,10(17)18)7-14-6-9(16)15-4-2-3-8(15)5-12/h8,14H,2-4,6-7,13H2,1H3,(H,17,18)/t8-,11?/m0/s1. The Kier molecular flexibility index (Phi) is 4.64. The smallest absolute Gasteiger partial charge is 0.324 e. The third-order valence-corrected chi connectivity index (χ3v) is 2.98. The maximum atomic E-state index is 11.8. The van der Waals surface area contributed by atoms with Crippen LogP contribution in [0.2, 0.25) is 0 Å². The molecule has 1 fully saturated rings. The number of carboxylic acid groups (broad SMARTS) is 1. The number of amides is 1. The van der Waals surface area contributed by atoms with E-state index >= 15 is 0 Å². The van der Waals surface area contributed by atoms with E-state index < -0.39 is 11.5 Å². The molecule has 18 heavy (non-hydrogen) atoms. The number of nitrogens with one attached hydrogen (secondary N) is 1. The van der Waals surface area contributed by atoms with E-state index in [4.69, 9.17) is 16.1 Å². The molecule has 0 aromatic rings. The average Bonchev–Trinajstić information content (AvgIpc) is 2.76. The van der Waals surface area contributed by atoms with Crippen LogP contribution in [-0.2, 0) is 9.59 Å². The summed E-state index contributed by atoms with van der Waals surface area (Å²) >= 11 is 0. The summed E-state index contributed by atoms with van der Waals surface area (Å²) in [5, 5.41) is 20.4. The topological polar surface area (TPSA) is 119 Å². The lowest BCUT2D eigenvalue weighted by Crippen LogP contribution is -2.54. The lowest BCUT2D eigenvalue weighted by atomic mass is 10.1. The van der Waals surface area contributed by atoms with Gasteiger partial charge in [-0.3, -0.25) is 9.59 Å². The van der Waals surface area contributed by atoms with Gasteiger partial charge in [0.05, 0.1) is 12.6 Å². The number of nitrogens with zero attached hydrogens (tertiary/aromatic N) is 2. The second-order valence-electron chi connectivity index (χ2n) is 4.70. The maximum absolute atomic E-state index is 11.8. The van der Waals surface area contributed by atoms with Crippen molar-refractivity contribution in [3.05, 3.63) is 0 Å². The van der Waals surface area contributed by atoms with E-state index in [1.807, 2.05) is 0 Å². The first kappa shape index (κ1) is 14.4. The van der Waals surface area contributed by atoms with Crippen LogP contribution in [0.15, 0.2) is 0 Å². The molecule has 4 N–H and O–H groups in total. The van der Waals surface area contributed by atoms with Gasteiger partial charge in [0.25, 0.3) is 0 Å². The van der Waals surface area contributed by atoms with Crippen molar-refractivity contribution in [2.75, 3.05) is 19.6 Å². The third kappa shape index (κ3) is 3.42. The summed E-state index contributed by atoms with van der Waals surface area (Å²) in [4.78, 5) is 24.1. The molecular formula is C11H18N4O3. The highest BCUT2D eigenvalue weighted by Crippen LogP contribution is 2.15. The first-order chi connectivity index (χ1) is 8.38. The highest BCUT2D eigenvalue weighted by Gasteiger charge is 2.30. The maximum Gasteiger partial charge on any atom is 0.324 e. The largest absolute Gasteiger partial charge is 0.480 e. The van der Waals surface area contributed by atoms with Crippen molar-refractivity contribution in [1.82, 2.24) is 10.2 Å². The number of carbonyl (C=O) groups excluding carboxylic acids is 1. The van der Waals surface area contributed by atoms with Crippen molar-refractivity contribution in [2.45, 2.75) is 31.3 Å². The summed E-state index contributed by atoms with van der Waals surface area (Å²) in [5.41, 5.74) is 4.11. The van der Waals surface area contributed by atoms with E-state index in [0.29, 0.717) is 13.0 Å². The summed E-state index contributed by atoms with van der Waals surface area (Å²) < 4.78 is 0. The molecule has 1 unspecified atom stereocenters. The lowest BCUT2D eigenvalue weighted by Gasteiger charge is -2.22. The van der Waals surface area contributed by atoms with Gasteiger partial charge in [-0.1, -0.05) is 0 Å². The Morgan fingerprint density at radius 1 is 1.67 bits per heavy atom. The molecule has 1 saturated heterocycles. The van der Waals surface area contributed by atoms with Crippen molar-refractivity contribution < 1.29 is 14.7 Å². The van der Waals surface area contributed by atoms with Gasteiger partial charge in [-0.25, -0.2) is 0 Å². The first-order valence-electron chi connectivity index (χ1n) is 5.80. The van der Waals surface area contributed by atoms with Crippen LogP contribution in [0.25, 0.3) is 0 Å². The lowest BCUT2D eigenvalue weighted by molar-refractivity contribution is -0.142. The molecule has 1 aliphatic rings. The Labute approximate surface area is 106 Å². The number of carbonyl (C=O) groups is 2. The Bertz CT molecular complexity index is 375. The molecule has 0 aromatic carbocycles. The number of hydrogen-bond acceptors (Lipinski definition) is 5. The van der Waals surface area contributed by atoms with Gasteiger partial charge in [0, 0.05) is 13.1 Å². The van der Waals surface area contributed by atoms with Crippen molar-refractivity contribution in [3.8, 4) is 6.07 Å². The Balaban J connectivity index is 2.38. The van der Waals surface area contributed by atoms with Gasteiger partial charge in [-0.05, 0) is 19.8 Å². The van der Waals surface area contributed by atoms with E-state index in [1.165, 1.54) is 11.8 Å². The van der Waals surface area contributed by atoms with Crippen LogP contribution in [0.3, 0.4) is 0 Å². The Hall–Kier alpha value is -1.65. The van der Waals surface area contributed by atoms with Crippen LogP contribution in [-0.4, -0.2) is 53.1 Å². The SMILES string of the molecule is CC(N)(CNCC(=O)N1CCC[C@H]1C#N)C(=O)O. The number of likely N-dealkylation sites (tertiary alicyclic amines) is 1. The molecular weight excluding hydrogens is 236 g/mol. The van der Waals surface area contributed by atoms with Crippen LogP contribution < -0.4 is 11.1 Å². The molecule has 1 amide bonds. The van der Waals surface area contributed by atoms with Crippen LogP contribution in [0.4, 0.5) is 0 Å². The van der Waals surface area contributed by atoms with Gasteiger partial charge < -0.3 is 21.1 Å². The van der Waals surface area contributed by atoms with Crippen LogP contribution in [0, 0.1) is 11.3 Å². The molecule has 0 saturated carbocycles. The van der Waals surface area contributed by atoms with E-state index in [1.54, 1.807) is 0 Å². The fourth-order valence-electron chi connectivity index (χ4n) is 1.81. The number of nitrogens with two attached hydrogens (primary N) is 1. The van der Waals surface area contributed by atoms with Crippen LogP contribution in [0.1, 0.15) is 19.8 Å². The molecule has 0 bridgehead atoms. The minimum absolute atomic E-state index is 0.000860. The molecule has 1 heterocycles. The van der Waals surface area contributed by atoms with Gasteiger partial charge in [0.2, 0.25) is 5.91 Å². The van der Waals surface area contributed by atoms with Crippen molar-refractivity contribution in [2.24, 2.45) is 5.73 Å². The normalized spacial score (nSPS) is 22.3. The second kappa shape index (κ2) is 5.80. The molecule has 100 valence electrons. The summed E-state index contributed by atoms with van der Waals surface area (Å²) in [6.45, 7) is 1.95. The molecule has 1 rings (SSSR count). The molecule has 0 spiro atoms. The predicted molar refractivity (Wildman–Crippen MR) is 63.4 cm³/mol. The highest BCUT2D eigenvalue weighted by molar-refractivity contribution is 5.80. The predicted octanol–water partition coefficient (Wildman–Crippen LogP) is -1.11. The van der Waals surface area contributed by atoms with E-state index in [2.05, 4.69) is 11.4 Å². The molecule has 7 nitrogen and oxygen atoms in total. The van der Waals surface area contributed by atoms with Gasteiger partial charge >= 0.3 is 5.97 Å². The van der Waals surface area contributed by atoms with Gasteiger partial charge in [0.15, 0.2) is 0 Å². The molecule has 0 radical (unpaired) electrons. The number of carboxylic acids is 1. The zero-order valence-electron chi connectivity index (χ0n) is 10.3. The summed E-state index contributed by atoms with van der Waals surface area (Å²) in [6.07, 6.45) is 1.53. The van der Waals surface area contributed by atoms with Gasteiger partial charge in [0.1, 0.15) is 11.6 Å². The van der Waals surface area contributed by atoms with Gasteiger partial charge in [-0.2, -0.15) is 5.26 Å². The number of aliphatic carboxylic acids is 1. The Morgan fingerprint density at radius 3 is 2.89 bits per heavy atom. The quantitative estimate of drug-likeness (QED) is 0.572. The monoisotopic (exact) mass is 254 g/mol. The van der Waals surface area contributed by atoms with Gasteiger partial charge in [-0.15, -0.1) is 0 Å². The zero-order chi connectivity index (χ0) is 13.8. The summed E-state index contributed by atoms with van der Waals surface area (Å²) in [7, 11) is 0. The minimum Gasteiger partial charge on any atom is -0.480 e. The highest BCUT2D eigenvalue weighted by atomic mass is 16.4. The van der Waals surface area contributed by atoms with Crippen molar-refractivity contribution in [3.63, 3.8) is 0 Å². The summed E-state index contributed by atoms with van der Waals surface area (Å²) in [5.74, 6) is -1.32. The summed E-state index contributed by atoms with van der Waals surface area (Å²) in [6, 6.07) is 1.72. The van der Waals surface area contributed by atoms with E-state index in [9.17, 15) is 9.59 Å². The zero-order valence-corrected chi connectivity index (χ0v) is 10.3. The molecule has 0 aliphatic carbocycles. The minimum atomic E-state index is -1.40. The molecule has 2 atom stereocenters. The second-order valence-corrected chi connectivity index (χ2v) is 4.70. The van der Waals surface area contributed by atoms with Crippen molar-refractivity contribution >= 4 is 11.9 Å². The first-order valence-corrected chi connectivity index (χ1v) is 5.80. The Morgan fingerprint density at radius 2 is 2.33 bits per heavy atom. The van der Waals surface area contributed by atoms with E-state index in [0.717, 1.165) is 6.42 Å². The number of hydrogen-bond donors (Lipinski definition) is 3. The van der Waals surface area contributed by atoms with Crippen LogP contribution >= 0.6 is 0 Å².